The first-order chi connectivity index (χ1) is 13.9. The highest BCUT2D eigenvalue weighted by atomic mass is 19.1. The maximum Gasteiger partial charge on any atom is 0.287 e. The number of H-pyrrole nitrogens is 1. The molecule has 3 heterocycles. The molecule has 3 rings (SSSR count). The Bertz CT molecular complexity index is 1120. The number of nitrogens with two attached hydrogens (primary N) is 1. The van der Waals surface area contributed by atoms with Crippen LogP contribution in [0.1, 0.15) is 29.5 Å². The Labute approximate surface area is 165 Å². The molecule has 3 aromatic rings. The molecule has 29 heavy (non-hydrogen) atoms. The maximum atomic E-state index is 13.2. The van der Waals surface area contributed by atoms with Crippen molar-refractivity contribution in [3.05, 3.63) is 35.7 Å². The van der Waals surface area contributed by atoms with Crippen molar-refractivity contribution >= 4 is 22.9 Å². The van der Waals surface area contributed by atoms with Gasteiger partial charge in [0.05, 0.1) is 31.5 Å². The lowest BCUT2D eigenvalue weighted by Gasteiger charge is -2.11. The SMILES string of the molecule is COc1c(C#CC[C@H](C)NC(=O)c2nc3ncc(F)cc3[nH]2)cnc(N)c1OC. The zero-order valence-corrected chi connectivity index (χ0v) is 16.0. The number of ether oxygens (including phenoxy) is 2. The van der Waals surface area contributed by atoms with Gasteiger partial charge in [-0.15, -0.1) is 0 Å². The second-order valence-electron chi connectivity index (χ2n) is 6.11. The third-order valence-corrected chi connectivity index (χ3v) is 3.95. The number of amides is 1. The van der Waals surface area contributed by atoms with Gasteiger partial charge in [0.25, 0.3) is 5.91 Å². The molecule has 1 atom stereocenters. The summed E-state index contributed by atoms with van der Waals surface area (Å²) < 4.78 is 23.7. The Morgan fingerprint density at radius 1 is 1.31 bits per heavy atom. The van der Waals surface area contributed by atoms with Crippen molar-refractivity contribution in [3.63, 3.8) is 0 Å². The monoisotopic (exact) mass is 398 g/mol. The fourth-order valence-electron chi connectivity index (χ4n) is 2.60. The average molecular weight is 398 g/mol. The molecule has 0 unspecified atom stereocenters. The molecule has 0 radical (unpaired) electrons. The fourth-order valence-corrected chi connectivity index (χ4v) is 2.60. The molecule has 0 aromatic carbocycles. The third kappa shape index (κ3) is 4.35. The molecule has 10 heteroatoms. The predicted molar refractivity (Wildman–Crippen MR) is 104 cm³/mol. The fraction of sp³-hybridized carbons (Fsp3) is 0.263. The van der Waals surface area contributed by atoms with Gasteiger partial charge in [0.1, 0.15) is 5.82 Å². The number of rotatable bonds is 5. The van der Waals surface area contributed by atoms with E-state index >= 15 is 0 Å². The lowest BCUT2D eigenvalue weighted by Crippen LogP contribution is -2.32. The van der Waals surface area contributed by atoms with E-state index in [-0.39, 0.29) is 23.3 Å². The topological polar surface area (TPSA) is 128 Å². The zero-order valence-electron chi connectivity index (χ0n) is 16.0. The second-order valence-corrected chi connectivity index (χ2v) is 6.11. The summed E-state index contributed by atoms with van der Waals surface area (Å²) in [5.41, 5.74) is 6.88. The third-order valence-electron chi connectivity index (χ3n) is 3.95. The number of imidazole rings is 1. The van der Waals surface area contributed by atoms with Crippen molar-refractivity contribution in [2.75, 3.05) is 20.0 Å². The quantitative estimate of drug-likeness (QED) is 0.558. The van der Waals surface area contributed by atoms with Crippen LogP contribution in [0.25, 0.3) is 11.2 Å². The number of pyridine rings is 2. The first-order valence-electron chi connectivity index (χ1n) is 8.60. The molecule has 1 amide bonds. The van der Waals surface area contributed by atoms with Crippen molar-refractivity contribution in [1.82, 2.24) is 25.3 Å². The number of aromatic amines is 1. The van der Waals surface area contributed by atoms with Crippen molar-refractivity contribution in [2.24, 2.45) is 0 Å². The van der Waals surface area contributed by atoms with E-state index < -0.39 is 11.7 Å². The Hall–Kier alpha value is -3.87. The van der Waals surface area contributed by atoms with Crippen molar-refractivity contribution in [3.8, 4) is 23.3 Å². The van der Waals surface area contributed by atoms with Crippen LogP contribution in [-0.2, 0) is 0 Å². The van der Waals surface area contributed by atoms with Crippen LogP contribution >= 0.6 is 0 Å². The van der Waals surface area contributed by atoms with Gasteiger partial charge in [-0.2, -0.15) is 0 Å². The summed E-state index contributed by atoms with van der Waals surface area (Å²) in [6.07, 6.45) is 2.89. The maximum absolute atomic E-state index is 13.2. The van der Waals surface area contributed by atoms with Gasteiger partial charge >= 0.3 is 0 Å². The van der Waals surface area contributed by atoms with Gasteiger partial charge in [0, 0.05) is 24.7 Å². The van der Waals surface area contributed by atoms with E-state index in [1.165, 1.54) is 26.5 Å². The Morgan fingerprint density at radius 3 is 2.79 bits per heavy atom. The van der Waals surface area contributed by atoms with Gasteiger partial charge in [0.2, 0.25) is 5.75 Å². The van der Waals surface area contributed by atoms with Crippen molar-refractivity contribution < 1.29 is 18.7 Å². The number of carbonyl (C=O) groups is 1. The smallest absolute Gasteiger partial charge is 0.287 e. The molecule has 0 bridgehead atoms. The number of nitrogens with zero attached hydrogens (tertiary/aromatic N) is 3. The second kappa shape index (κ2) is 8.43. The van der Waals surface area contributed by atoms with Gasteiger partial charge in [0.15, 0.2) is 23.0 Å². The summed E-state index contributed by atoms with van der Waals surface area (Å²) in [5, 5.41) is 2.77. The number of aromatic nitrogens is 4. The van der Waals surface area contributed by atoms with Gasteiger partial charge in [-0.3, -0.25) is 4.79 Å². The van der Waals surface area contributed by atoms with Crippen LogP contribution in [-0.4, -0.2) is 46.1 Å². The predicted octanol–water partition coefficient (Wildman–Crippen LogP) is 1.65. The minimum absolute atomic E-state index is 0.0482. The normalized spacial score (nSPS) is 11.4. The number of fused-ring (bicyclic) bond motifs is 1. The first kappa shape index (κ1) is 19.9. The van der Waals surface area contributed by atoms with Crippen molar-refractivity contribution in [1.29, 1.82) is 0 Å². The Balaban J connectivity index is 1.67. The van der Waals surface area contributed by atoms with E-state index in [1.807, 2.05) is 0 Å². The minimum atomic E-state index is -0.513. The molecule has 150 valence electrons. The van der Waals surface area contributed by atoms with E-state index in [1.54, 1.807) is 6.92 Å². The number of methoxy groups -OCH3 is 2. The number of nitrogens with one attached hydrogen (secondary N) is 2. The molecule has 3 aromatic heterocycles. The van der Waals surface area contributed by atoms with Gasteiger partial charge in [-0.05, 0) is 6.92 Å². The highest BCUT2D eigenvalue weighted by molar-refractivity contribution is 5.93. The number of hydrogen-bond donors (Lipinski definition) is 3. The average Bonchev–Trinajstić information content (AvgIpc) is 3.12. The van der Waals surface area contributed by atoms with E-state index in [0.29, 0.717) is 29.0 Å². The molecular formula is C19H19FN6O3. The Kier molecular flexibility index (Phi) is 5.78. The number of hydrogen-bond acceptors (Lipinski definition) is 7. The zero-order chi connectivity index (χ0) is 21.0. The van der Waals surface area contributed by atoms with Gasteiger partial charge < -0.3 is 25.5 Å². The van der Waals surface area contributed by atoms with E-state index in [0.717, 1.165) is 6.20 Å². The lowest BCUT2D eigenvalue weighted by atomic mass is 10.2. The molecule has 4 N–H and O–H groups in total. The van der Waals surface area contributed by atoms with Crippen LogP contribution in [0.3, 0.4) is 0 Å². The van der Waals surface area contributed by atoms with E-state index in [2.05, 4.69) is 37.1 Å². The number of nitrogen functional groups attached to an aromatic ring is 1. The number of anilines is 1. The molecule has 0 aliphatic heterocycles. The van der Waals surface area contributed by atoms with Crippen LogP contribution in [0.5, 0.6) is 11.5 Å². The van der Waals surface area contributed by atoms with Gasteiger partial charge in [-0.1, -0.05) is 11.8 Å². The molecule has 0 aliphatic rings. The largest absolute Gasteiger partial charge is 0.491 e. The van der Waals surface area contributed by atoms with Crippen LogP contribution in [0.15, 0.2) is 18.5 Å². The summed E-state index contributed by atoms with van der Waals surface area (Å²) in [7, 11) is 2.95. The minimum Gasteiger partial charge on any atom is -0.491 e. The number of carbonyl (C=O) groups excluding carboxylic acids is 1. The summed E-state index contributed by atoms with van der Waals surface area (Å²) in [4.78, 5) is 27.0. The molecule has 0 aliphatic carbocycles. The summed E-state index contributed by atoms with van der Waals surface area (Å²) in [5.74, 6) is 5.91. The first-order valence-corrected chi connectivity index (χ1v) is 8.60. The highest BCUT2D eigenvalue weighted by Gasteiger charge is 2.15. The molecular weight excluding hydrogens is 379 g/mol. The van der Waals surface area contributed by atoms with Crippen molar-refractivity contribution in [2.45, 2.75) is 19.4 Å². The van der Waals surface area contributed by atoms with E-state index in [9.17, 15) is 9.18 Å². The molecule has 0 saturated carbocycles. The van der Waals surface area contributed by atoms with Crippen LogP contribution in [0.4, 0.5) is 10.2 Å². The number of halogens is 1. The van der Waals surface area contributed by atoms with Crippen LogP contribution in [0, 0.1) is 17.7 Å². The molecule has 0 spiro atoms. The van der Waals surface area contributed by atoms with Gasteiger partial charge in [-0.25, -0.2) is 19.3 Å². The standard InChI is InChI=1S/C19H19FN6O3/c1-10(5-4-6-11-8-22-16(21)15(29-3)14(11)28-2)24-19(27)18-25-13-7-12(20)9-23-17(13)26-18/h7-10H,5H2,1-3H3,(H2,21,22)(H,24,27)(H,23,25,26)/t10-/m0/s1. The summed E-state index contributed by atoms with van der Waals surface area (Å²) in [6, 6.07) is 0.950. The summed E-state index contributed by atoms with van der Waals surface area (Å²) in [6.45, 7) is 1.80. The molecule has 9 nitrogen and oxygen atoms in total. The lowest BCUT2D eigenvalue weighted by molar-refractivity contribution is 0.0931. The molecule has 0 saturated heterocycles. The van der Waals surface area contributed by atoms with Crippen LogP contribution in [0.2, 0.25) is 0 Å². The van der Waals surface area contributed by atoms with Crippen LogP contribution < -0.4 is 20.5 Å². The Morgan fingerprint density at radius 2 is 2.07 bits per heavy atom. The molecule has 0 fully saturated rings. The summed E-state index contributed by atoms with van der Waals surface area (Å²) >= 11 is 0. The highest BCUT2D eigenvalue weighted by Crippen LogP contribution is 2.34. The van der Waals surface area contributed by atoms with E-state index in [4.69, 9.17) is 15.2 Å².